The van der Waals surface area contributed by atoms with E-state index < -0.39 is 11.6 Å². The first kappa shape index (κ1) is 16.7. The molecule has 1 aromatic carbocycles. The van der Waals surface area contributed by atoms with E-state index in [1.165, 1.54) is 6.07 Å². The summed E-state index contributed by atoms with van der Waals surface area (Å²) in [5.74, 6) is -0.965. The second kappa shape index (κ2) is 7.63. The summed E-state index contributed by atoms with van der Waals surface area (Å²) in [5.41, 5.74) is 1.63. The summed E-state index contributed by atoms with van der Waals surface area (Å²) in [4.78, 5) is 10.9. The molecule has 1 atom stereocenters. The molecule has 0 spiro atoms. The molecule has 2 aromatic rings. The maximum Gasteiger partial charge on any atom is 0.225 e. The van der Waals surface area contributed by atoms with Crippen LogP contribution in [-0.4, -0.2) is 36.3 Å². The lowest BCUT2D eigenvalue weighted by Crippen LogP contribution is -2.37. The Hall–Kier alpha value is -2.12. The van der Waals surface area contributed by atoms with E-state index in [4.69, 9.17) is 4.74 Å². The lowest BCUT2D eigenvalue weighted by molar-refractivity contribution is 0.122. The highest BCUT2D eigenvalue weighted by atomic mass is 19.2. The third-order valence-electron chi connectivity index (χ3n) is 4.04. The zero-order chi connectivity index (χ0) is 16.9. The minimum atomic E-state index is -0.835. The number of morpholine rings is 1. The third kappa shape index (κ3) is 4.04. The van der Waals surface area contributed by atoms with Gasteiger partial charge in [0.25, 0.3) is 0 Å². The molecule has 0 radical (unpaired) electrons. The standard InChI is InChI=1S/C17H20F2N4O/c1-12(14-2-3-15(18)16(19)8-14)20-9-13-10-21-17(22-11-13)23-4-6-24-7-5-23/h2-3,8,10-12,20H,4-7,9H2,1H3/t12-/m1/s1. The number of benzene rings is 1. The minimum Gasteiger partial charge on any atom is -0.378 e. The summed E-state index contributed by atoms with van der Waals surface area (Å²) in [6.45, 7) is 5.42. The topological polar surface area (TPSA) is 50.3 Å². The van der Waals surface area contributed by atoms with Crippen LogP contribution in [0.2, 0.25) is 0 Å². The Bertz CT molecular complexity index is 675. The smallest absolute Gasteiger partial charge is 0.225 e. The van der Waals surface area contributed by atoms with Gasteiger partial charge in [0.05, 0.1) is 13.2 Å². The van der Waals surface area contributed by atoms with Crippen LogP contribution in [0, 0.1) is 11.6 Å². The van der Waals surface area contributed by atoms with Crippen LogP contribution in [0.15, 0.2) is 30.6 Å². The van der Waals surface area contributed by atoms with Crippen LogP contribution in [0.4, 0.5) is 14.7 Å². The molecule has 1 fully saturated rings. The zero-order valence-electron chi connectivity index (χ0n) is 13.5. The largest absolute Gasteiger partial charge is 0.378 e. The van der Waals surface area contributed by atoms with Crippen LogP contribution in [0.25, 0.3) is 0 Å². The number of anilines is 1. The molecule has 0 unspecified atom stereocenters. The quantitative estimate of drug-likeness (QED) is 0.910. The van der Waals surface area contributed by atoms with Crippen molar-refractivity contribution in [2.24, 2.45) is 0 Å². The lowest BCUT2D eigenvalue weighted by atomic mass is 10.1. The summed E-state index contributed by atoms with van der Waals surface area (Å²) in [7, 11) is 0. The molecule has 24 heavy (non-hydrogen) atoms. The minimum absolute atomic E-state index is 0.112. The highest BCUT2D eigenvalue weighted by Crippen LogP contribution is 2.16. The van der Waals surface area contributed by atoms with Gasteiger partial charge >= 0.3 is 0 Å². The third-order valence-corrected chi connectivity index (χ3v) is 4.04. The second-order valence-corrected chi connectivity index (χ2v) is 5.77. The van der Waals surface area contributed by atoms with Gasteiger partial charge in [0.1, 0.15) is 0 Å². The normalized spacial score (nSPS) is 16.2. The van der Waals surface area contributed by atoms with Gasteiger partial charge in [-0.2, -0.15) is 0 Å². The molecule has 1 aromatic heterocycles. The van der Waals surface area contributed by atoms with Crippen LogP contribution in [0.3, 0.4) is 0 Å². The monoisotopic (exact) mass is 334 g/mol. The number of rotatable bonds is 5. The molecular formula is C17H20F2N4O. The van der Waals surface area contributed by atoms with Crippen molar-refractivity contribution in [3.05, 3.63) is 53.4 Å². The predicted octanol–water partition coefficient (Wildman–Crippen LogP) is 2.44. The summed E-state index contributed by atoms with van der Waals surface area (Å²) in [6, 6.07) is 3.82. The van der Waals surface area contributed by atoms with Crippen LogP contribution in [0.5, 0.6) is 0 Å². The second-order valence-electron chi connectivity index (χ2n) is 5.77. The number of nitrogens with one attached hydrogen (secondary N) is 1. The Labute approximate surface area is 139 Å². The molecule has 1 N–H and O–H groups in total. The fraction of sp³-hybridized carbons (Fsp3) is 0.412. The number of aromatic nitrogens is 2. The van der Waals surface area contributed by atoms with E-state index in [2.05, 4.69) is 20.2 Å². The highest BCUT2D eigenvalue weighted by Gasteiger charge is 2.13. The number of hydrogen-bond donors (Lipinski definition) is 1. The lowest BCUT2D eigenvalue weighted by Gasteiger charge is -2.26. The van der Waals surface area contributed by atoms with Crippen molar-refractivity contribution in [3.8, 4) is 0 Å². The first-order valence-electron chi connectivity index (χ1n) is 7.95. The molecule has 0 bridgehead atoms. The van der Waals surface area contributed by atoms with E-state index in [1.807, 2.05) is 6.92 Å². The predicted molar refractivity (Wildman–Crippen MR) is 86.7 cm³/mol. The average Bonchev–Trinajstić information content (AvgIpc) is 2.63. The fourth-order valence-corrected chi connectivity index (χ4v) is 2.54. The fourth-order valence-electron chi connectivity index (χ4n) is 2.54. The van der Waals surface area contributed by atoms with Crippen molar-refractivity contribution in [1.82, 2.24) is 15.3 Å². The number of ether oxygens (including phenoxy) is 1. The number of nitrogens with zero attached hydrogens (tertiary/aromatic N) is 3. The van der Waals surface area contributed by atoms with E-state index in [0.717, 1.165) is 24.7 Å². The Kier molecular flexibility index (Phi) is 5.32. The van der Waals surface area contributed by atoms with Gasteiger partial charge in [0, 0.05) is 43.6 Å². The van der Waals surface area contributed by atoms with Crippen LogP contribution in [0.1, 0.15) is 24.1 Å². The van der Waals surface area contributed by atoms with Gasteiger partial charge in [-0.3, -0.25) is 0 Å². The van der Waals surface area contributed by atoms with E-state index >= 15 is 0 Å². The average molecular weight is 334 g/mol. The first-order chi connectivity index (χ1) is 11.6. The van der Waals surface area contributed by atoms with Crippen molar-refractivity contribution >= 4 is 5.95 Å². The molecular weight excluding hydrogens is 314 g/mol. The van der Waals surface area contributed by atoms with Crippen LogP contribution in [-0.2, 0) is 11.3 Å². The molecule has 0 aliphatic carbocycles. The zero-order valence-corrected chi connectivity index (χ0v) is 13.5. The Morgan fingerprint density at radius 3 is 2.54 bits per heavy atom. The van der Waals surface area contributed by atoms with Crippen molar-refractivity contribution in [2.75, 3.05) is 31.2 Å². The van der Waals surface area contributed by atoms with Gasteiger partial charge < -0.3 is 15.0 Å². The van der Waals surface area contributed by atoms with E-state index in [9.17, 15) is 8.78 Å². The van der Waals surface area contributed by atoms with Crippen LogP contribution < -0.4 is 10.2 Å². The molecule has 0 saturated carbocycles. The Morgan fingerprint density at radius 1 is 1.17 bits per heavy atom. The molecule has 3 rings (SSSR count). The van der Waals surface area contributed by atoms with Crippen molar-refractivity contribution in [3.63, 3.8) is 0 Å². The summed E-state index contributed by atoms with van der Waals surface area (Å²) < 4.78 is 31.6. The Morgan fingerprint density at radius 2 is 1.88 bits per heavy atom. The SMILES string of the molecule is C[C@@H](NCc1cnc(N2CCOCC2)nc1)c1ccc(F)c(F)c1. The van der Waals surface area contributed by atoms with Crippen molar-refractivity contribution in [1.29, 1.82) is 0 Å². The molecule has 1 aliphatic rings. The van der Waals surface area contributed by atoms with Crippen molar-refractivity contribution in [2.45, 2.75) is 19.5 Å². The maximum atomic E-state index is 13.3. The van der Waals surface area contributed by atoms with Gasteiger partial charge in [-0.05, 0) is 24.6 Å². The summed E-state index contributed by atoms with van der Waals surface area (Å²) >= 11 is 0. The van der Waals surface area contributed by atoms with Gasteiger partial charge in [0.15, 0.2) is 11.6 Å². The highest BCUT2D eigenvalue weighted by molar-refractivity contribution is 5.30. The number of hydrogen-bond acceptors (Lipinski definition) is 5. The summed E-state index contributed by atoms with van der Waals surface area (Å²) in [5, 5.41) is 3.26. The Balaban J connectivity index is 1.56. The van der Waals surface area contributed by atoms with Gasteiger partial charge in [-0.1, -0.05) is 6.07 Å². The van der Waals surface area contributed by atoms with Gasteiger partial charge in [0.2, 0.25) is 5.95 Å². The van der Waals surface area contributed by atoms with E-state index in [0.29, 0.717) is 31.3 Å². The maximum absolute atomic E-state index is 13.3. The molecule has 2 heterocycles. The molecule has 0 amide bonds. The molecule has 1 saturated heterocycles. The van der Waals surface area contributed by atoms with E-state index in [-0.39, 0.29) is 6.04 Å². The molecule has 7 heteroatoms. The van der Waals surface area contributed by atoms with E-state index in [1.54, 1.807) is 18.5 Å². The number of halogens is 2. The van der Waals surface area contributed by atoms with Gasteiger partial charge in [-0.25, -0.2) is 18.7 Å². The molecule has 128 valence electrons. The molecule has 1 aliphatic heterocycles. The van der Waals surface area contributed by atoms with Crippen LogP contribution >= 0.6 is 0 Å². The van der Waals surface area contributed by atoms with Gasteiger partial charge in [-0.15, -0.1) is 0 Å². The first-order valence-corrected chi connectivity index (χ1v) is 7.95. The summed E-state index contributed by atoms with van der Waals surface area (Å²) in [6.07, 6.45) is 3.56. The molecule has 5 nitrogen and oxygen atoms in total. The van der Waals surface area contributed by atoms with Crippen molar-refractivity contribution < 1.29 is 13.5 Å².